The summed E-state index contributed by atoms with van der Waals surface area (Å²) in [7, 11) is 0. The first-order valence-corrected chi connectivity index (χ1v) is 25.5. The summed E-state index contributed by atoms with van der Waals surface area (Å²) >= 11 is 0. The monoisotopic (exact) mass is 1030 g/mol. The van der Waals surface area contributed by atoms with Crippen molar-refractivity contribution in [1.29, 1.82) is 0 Å². The quantitative estimate of drug-likeness (QED) is 0.0914. The largest absolute Gasteiger partial charge is 0.444 e. The molecule has 5 aromatic rings. The summed E-state index contributed by atoms with van der Waals surface area (Å²) in [5.41, 5.74) is 2.67. The summed E-state index contributed by atoms with van der Waals surface area (Å²) in [6.45, 7) is 20.6. The maximum Gasteiger partial charge on any atom is 0.411 e. The second-order valence-corrected chi connectivity index (χ2v) is 21.2. The fourth-order valence-corrected chi connectivity index (χ4v) is 9.47. The maximum absolute atomic E-state index is 14.8. The normalized spacial score (nSPS) is 17.9. The van der Waals surface area contributed by atoms with E-state index in [1.54, 1.807) is 42.7 Å². The molecule has 0 aliphatic carbocycles. The van der Waals surface area contributed by atoms with Gasteiger partial charge in [-0.1, -0.05) is 133 Å². The van der Waals surface area contributed by atoms with Crippen molar-refractivity contribution >= 4 is 24.0 Å². The van der Waals surface area contributed by atoms with Crippen LogP contribution in [-0.4, -0.2) is 115 Å². The van der Waals surface area contributed by atoms with Gasteiger partial charge in [-0.3, -0.25) is 24.3 Å². The lowest BCUT2D eigenvalue weighted by Crippen LogP contribution is -2.69. The van der Waals surface area contributed by atoms with Crippen LogP contribution in [0.3, 0.4) is 0 Å². The molecule has 75 heavy (non-hydrogen) atoms. The molecule has 2 aliphatic rings. The molecule has 1 unspecified atom stereocenters. The van der Waals surface area contributed by atoms with E-state index >= 15 is 0 Å². The Morgan fingerprint density at radius 2 is 1.07 bits per heavy atom. The third-order valence-electron chi connectivity index (χ3n) is 12.8. The topological polar surface area (TPSA) is 123 Å². The van der Waals surface area contributed by atoms with Crippen LogP contribution in [0.1, 0.15) is 82.2 Å². The zero-order valence-corrected chi connectivity index (χ0v) is 44.2. The Morgan fingerprint density at radius 1 is 0.640 bits per heavy atom. The molecule has 5 aromatic carbocycles. The molecule has 398 valence electrons. The highest BCUT2D eigenvalue weighted by atomic mass is 19.1. The Labute approximate surface area is 441 Å². The molecule has 1 N–H and O–H groups in total. The zero-order valence-electron chi connectivity index (χ0n) is 44.2. The van der Waals surface area contributed by atoms with Crippen LogP contribution in [0.25, 0.3) is 0 Å². The van der Waals surface area contributed by atoms with Crippen molar-refractivity contribution in [2.75, 3.05) is 19.6 Å². The number of aliphatic hydroxyl groups is 1. The van der Waals surface area contributed by atoms with Gasteiger partial charge in [0.2, 0.25) is 11.8 Å². The van der Waals surface area contributed by atoms with Gasteiger partial charge in [0.15, 0.2) is 0 Å². The fourth-order valence-electron chi connectivity index (χ4n) is 9.47. The van der Waals surface area contributed by atoms with Gasteiger partial charge in [0.05, 0.1) is 18.2 Å². The average Bonchev–Trinajstić information content (AvgIpc) is 3.35. The molecule has 0 saturated carbocycles. The van der Waals surface area contributed by atoms with Crippen molar-refractivity contribution in [3.63, 3.8) is 0 Å². The summed E-state index contributed by atoms with van der Waals surface area (Å²) in [6.07, 6.45) is 1.70. The van der Waals surface area contributed by atoms with Crippen LogP contribution < -0.4 is 0 Å². The van der Waals surface area contributed by atoms with Crippen molar-refractivity contribution in [3.05, 3.63) is 204 Å². The molecular weight excluding hydrogens is 953 g/mol. The molecule has 7 rings (SSSR count). The van der Waals surface area contributed by atoms with Gasteiger partial charge in [-0.05, 0) is 101 Å². The summed E-state index contributed by atoms with van der Waals surface area (Å²) < 4.78 is 40.6. The molecule has 0 radical (unpaired) electrons. The number of piperazine rings is 2. The molecule has 5 atom stereocenters. The first-order valence-electron chi connectivity index (χ1n) is 25.5. The summed E-state index contributed by atoms with van der Waals surface area (Å²) in [4.78, 5) is 62.1. The Bertz CT molecular complexity index is 2600. The average molecular weight is 1030 g/mol. The highest BCUT2D eigenvalue weighted by molar-refractivity contribution is 5.88. The molecule has 0 aromatic heterocycles. The molecule has 0 spiro atoms. The van der Waals surface area contributed by atoms with Crippen LogP contribution in [0, 0.1) is 11.6 Å². The lowest BCUT2D eigenvalue weighted by atomic mass is 9.89. The predicted molar refractivity (Wildman–Crippen MR) is 288 cm³/mol. The van der Waals surface area contributed by atoms with Crippen LogP contribution >= 0.6 is 0 Å². The second kappa shape index (κ2) is 26.4. The van der Waals surface area contributed by atoms with Crippen LogP contribution in [-0.2, 0) is 51.7 Å². The van der Waals surface area contributed by atoms with E-state index in [4.69, 9.17) is 9.47 Å². The van der Waals surface area contributed by atoms with Gasteiger partial charge in [0.1, 0.15) is 35.4 Å². The first-order chi connectivity index (χ1) is 35.7. The van der Waals surface area contributed by atoms with E-state index in [0.29, 0.717) is 44.6 Å². The van der Waals surface area contributed by atoms with Gasteiger partial charge >= 0.3 is 12.2 Å². The lowest BCUT2D eigenvalue weighted by Gasteiger charge is -2.49. The number of halogens is 2. The number of amides is 4. The van der Waals surface area contributed by atoms with Crippen molar-refractivity contribution in [1.82, 2.24) is 24.5 Å². The van der Waals surface area contributed by atoms with E-state index in [-0.39, 0.29) is 38.0 Å². The van der Waals surface area contributed by atoms with E-state index < -0.39 is 65.2 Å². The van der Waals surface area contributed by atoms with E-state index in [9.17, 15) is 33.1 Å². The lowest BCUT2D eigenvalue weighted by molar-refractivity contribution is -0.154. The summed E-state index contributed by atoms with van der Waals surface area (Å²) in [5.74, 6) is -2.02. The van der Waals surface area contributed by atoms with E-state index in [1.165, 1.54) is 21.9 Å². The number of carbonyl (C=O) groups excluding carboxylic acids is 4. The number of nitrogens with zero attached hydrogens (tertiary/aromatic N) is 5. The Hall–Kier alpha value is -7.16. The minimum atomic E-state index is -1.52. The third-order valence-corrected chi connectivity index (χ3v) is 12.8. The molecule has 2 aliphatic heterocycles. The molecule has 2 fully saturated rings. The van der Waals surface area contributed by atoms with Gasteiger partial charge < -0.3 is 24.4 Å². The number of aliphatic hydroxyl groups excluding tert-OH is 1. The number of rotatable bonds is 17. The van der Waals surface area contributed by atoms with Gasteiger partial charge in [-0.15, -0.1) is 13.2 Å². The third kappa shape index (κ3) is 16.9. The van der Waals surface area contributed by atoms with Crippen molar-refractivity contribution in [2.24, 2.45) is 0 Å². The molecule has 4 amide bonds. The summed E-state index contributed by atoms with van der Waals surface area (Å²) in [6, 6.07) is 39.0. The summed E-state index contributed by atoms with van der Waals surface area (Å²) in [5, 5.41) is 12.8. The van der Waals surface area contributed by atoms with E-state index in [2.05, 4.69) is 13.2 Å². The second-order valence-electron chi connectivity index (χ2n) is 21.2. The number of benzene rings is 5. The Balaban J connectivity index is 0.000000318. The van der Waals surface area contributed by atoms with Crippen molar-refractivity contribution in [2.45, 2.75) is 128 Å². The fraction of sp³-hybridized carbons (Fsp3) is 0.377. The van der Waals surface area contributed by atoms with Crippen molar-refractivity contribution < 1.29 is 42.5 Å². The molecule has 2 heterocycles. The first kappa shape index (κ1) is 57.1. The van der Waals surface area contributed by atoms with E-state index in [1.807, 2.05) is 147 Å². The van der Waals surface area contributed by atoms with Crippen LogP contribution in [0.2, 0.25) is 0 Å². The SMILES string of the molecule is C=CC[C@H]1CN(Cc2ccccc2)C(=O)C([C@@H](O)[C@@H](Cc2cc(F)cc(F)c2)N(Cc2ccccc2)Cc2ccccc2)N1C(=O)OC(C)(C)C.C=CC[C@H]1CN(Cc2ccccc2)C(=O)CN1C(=O)OC(C)(C)C. The van der Waals surface area contributed by atoms with Gasteiger partial charge in [-0.25, -0.2) is 18.4 Å². The standard InChI is InChI=1S/C42H47F2N3O4.C19H26N2O3/c1-5-15-36-29-46(28-32-20-13-8-14-21-32)40(49)38(47(36)41(50)51-42(2,3)4)39(48)37(24-33-22-34(43)25-35(44)23-33)45(26-30-16-9-6-10-17-30)27-31-18-11-7-12-19-31;1-5-9-16-13-20(12-15-10-7-6-8-11-15)17(22)14-21(16)18(23)24-19(2,3)4/h5-14,16-23,25,36-39,48H,1,15,24,26-29H2,2-4H3;5-8,10-11,16H,1,9,12-14H2,2-4H3/t36-,37+,38?,39-;16-/m00/s1. The van der Waals surface area contributed by atoms with Crippen LogP contribution in [0.4, 0.5) is 18.4 Å². The van der Waals surface area contributed by atoms with Gasteiger partial charge in [0, 0.05) is 51.4 Å². The molecular formula is C61H73F2N5O7. The van der Waals surface area contributed by atoms with Crippen LogP contribution in [0.15, 0.2) is 165 Å². The highest BCUT2D eigenvalue weighted by Crippen LogP contribution is 2.31. The molecule has 0 bridgehead atoms. The number of hydrogen-bond donors (Lipinski definition) is 1. The Morgan fingerprint density at radius 3 is 1.53 bits per heavy atom. The smallest absolute Gasteiger partial charge is 0.411 e. The van der Waals surface area contributed by atoms with Gasteiger partial charge in [0.25, 0.3) is 0 Å². The molecule has 2 saturated heterocycles. The van der Waals surface area contributed by atoms with Gasteiger partial charge in [-0.2, -0.15) is 0 Å². The predicted octanol–water partition coefficient (Wildman–Crippen LogP) is 10.7. The number of hydrogen-bond acceptors (Lipinski definition) is 8. The highest BCUT2D eigenvalue weighted by Gasteiger charge is 2.50. The number of ether oxygens (including phenoxy) is 2. The minimum absolute atomic E-state index is 0.0216. The molecule has 12 nitrogen and oxygen atoms in total. The zero-order chi connectivity index (χ0) is 54.3. The van der Waals surface area contributed by atoms with E-state index in [0.717, 1.165) is 28.3 Å². The number of carbonyl (C=O) groups is 4. The Kier molecular flexibility index (Phi) is 20.1. The molecule has 14 heteroatoms. The maximum atomic E-state index is 14.8. The minimum Gasteiger partial charge on any atom is -0.444 e. The van der Waals surface area contributed by atoms with Crippen molar-refractivity contribution in [3.8, 4) is 0 Å². The van der Waals surface area contributed by atoms with Crippen LogP contribution in [0.5, 0.6) is 0 Å².